The summed E-state index contributed by atoms with van der Waals surface area (Å²) in [5, 5.41) is 17.1. The van der Waals surface area contributed by atoms with Gasteiger partial charge in [-0.3, -0.25) is 4.79 Å². The Bertz CT molecular complexity index is 1760. The van der Waals surface area contributed by atoms with E-state index in [0.717, 1.165) is 25.7 Å². The zero-order valence-electron chi connectivity index (χ0n) is 17.6. The fourth-order valence-corrected chi connectivity index (χ4v) is 7.59. The summed E-state index contributed by atoms with van der Waals surface area (Å²) in [6.07, 6.45) is 3.48. The van der Waals surface area contributed by atoms with Crippen molar-refractivity contribution >= 4 is 82.2 Å². The molecule has 0 bridgehead atoms. The number of carbonyl (C=O) groups excluding carboxylic acids is 1. The van der Waals surface area contributed by atoms with Crippen LogP contribution in [0.3, 0.4) is 0 Å². The first-order chi connectivity index (χ1) is 15.8. The Morgan fingerprint density at radius 3 is 1.56 bits per heavy atom. The van der Waals surface area contributed by atoms with Crippen LogP contribution in [0.15, 0.2) is 71.6 Å². The van der Waals surface area contributed by atoms with Crippen molar-refractivity contribution in [1.82, 2.24) is 0 Å². The lowest BCUT2D eigenvalue weighted by Gasteiger charge is -2.24. The van der Waals surface area contributed by atoms with Gasteiger partial charge >= 0.3 is 0 Å². The van der Waals surface area contributed by atoms with Crippen LogP contribution in [0.5, 0.6) is 0 Å². The second kappa shape index (κ2) is 6.02. The van der Waals surface area contributed by atoms with Crippen molar-refractivity contribution in [3.8, 4) is 0 Å². The van der Waals surface area contributed by atoms with Crippen LogP contribution in [-0.4, -0.2) is 11.0 Å². The standard InChI is InChI=1S/C30H20OS/c31-21-10-12-22(13-11-21)32-24-15-20-8-7-18-4-2-16-1-3-17-5-6-19-9-14-23(24)30-28(19)26(17)25(16)27(18)29(20)30/h1-9,14-15,22H,10-13H2. The topological polar surface area (TPSA) is 17.1 Å². The summed E-state index contributed by atoms with van der Waals surface area (Å²) in [6.45, 7) is 0. The molecule has 1 fully saturated rings. The molecule has 0 radical (unpaired) electrons. The largest absolute Gasteiger partial charge is 0.300 e. The van der Waals surface area contributed by atoms with E-state index in [-0.39, 0.29) is 0 Å². The van der Waals surface area contributed by atoms with Crippen molar-refractivity contribution in [3.63, 3.8) is 0 Å². The van der Waals surface area contributed by atoms with Gasteiger partial charge in [0.2, 0.25) is 0 Å². The van der Waals surface area contributed by atoms with Gasteiger partial charge < -0.3 is 0 Å². The van der Waals surface area contributed by atoms with Crippen LogP contribution in [0.25, 0.3) is 64.6 Å². The maximum Gasteiger partial charge on any atom is 0.132 e. The molecule has 7 aromatic carbocycles. The van der Waals surface area contributed by atoms with Crippen molar-refractivity contribution in [3.05, 3.63) is 66.7 Å². The molecule has 0 N–H and O–H groups in total. The number of Topliss-reactive ketones (excluding diaryl/α,β-unsaturated/α-hetero) is 1. The summed E-state index contributed by atoms with van der Waals surface area (Å²) in [5.41, 5.74) is 0. The van der Waals surface area contributed by atoms with E-state index >= 15 is 0 Å². The zero-order valence-corrected chi connectivity index (χ0v) is 18.4. The van der Waals surface area contributed by atoms with Crippen LogP contribution in [-0.2, 0) is 4.79 Å². The number of rotatable bonds is 2. The van der Waals surface area contributed by atoms with Gasteiger partial charge in [-0.05, 0) is 83.5 Å². The van der Waals surface area contributed by atoms with E-state index in [2.05, 4.69) is 66.7 Å². The molecule has 1 saturated carbocycles. The van der Waals surface area contributed by atoms with Gasteiger partial charge in [0.15, 0.2) is 0 Å². The summed E-state index contributed by atoms with van der Waals surface area (Å²) in [6, 6.07) is 25.4. The molecule has 0 atom stereocenters. The van der Waals surface area contributed by atoms with Gasteiger partial charge in [-0.25, -0.2) is 0 Å². The Morgan fingerprint density at radius 2 is 1.00 bits per heavy atom. The molecule has 1 aliphatic rings. The van der Waals surface area contributed by atoms with Gasteiger partial charge in [0, 0.05) is 23.0 Å². The Hall–Kier alpha value is -3.10. The van der Waals surface area contributed by atoms with Gasteiger partial charge in [0.1, 0.15) is 5.78 Å². The van der Waals surface area contributed by atoms with Crippen molar-refractivity contribution in [2.24, 2.45) is 0 Å². The fraction of sp³-hybridized carbons (Fsp3) is 0.167. The maximum atomic E-state index is 11.8. The van der Waals surface area contributed by atoms with Gasteiger partial charge in [-0.2, -0.15) is 0 Å². The Balaban J connectivity index is 1.56. The monoisotopic (exact) mass is 428 g/mol. The minimum atomic E-state index is 0.431. The van der Waals surface area contributed by atoms with Gasteiger partial charge in [0.05, 0.1) is 0 Å². The molecule has 7 aromatic rings. The maximum absolute atomic E-state index is 11.8. The van der Waals surface area contributed by atoms with E-state index in [1.165, 1.54) is 69.5 Å². The molecule has 8 rings (SSSR count). The Morgan fingerprint density at radius 1 is 0.562 bits per heavy atom. The molecular weight excluding hydrogens is 408 g/mol. The van der Waals surface area contributed by atoms with Crippen LogP contribution >= 0.6 is 11.8 Å². The van der Waals surface area contributed by atoms with Crippen LogP contribution in [0.2, 0.25) is 0 Å². The molecule has 0 amide bonds. The highest BCUT2D eigenvalue weighted by Crippen LogP contribution is 2.50. The molecule has 1 nitrogen and oxygen atoms in total. The van der Waals surface area contributed by atoms with E-state index in [4.69, 9.17) is 0 Å². The minimum absolute atomic E-state index is 0.431. The first-order valence-corrected chi connectivity index (χ1v) is 12.4. The summed E-state index contributed by atoms with van der Waals surface area (Å²) in [4.78, 5) is 13.1. The molecule has 0 heterocycles. The third-order valence-corrected chi connectivity index (χ3v) is 9.14. The highest BCUT2D eigenvalue weighted by Gasteiger charge is 2.24. The molecule has 0 unspecified atom stereocenters. The lowest BCUT2D eigenvalue weighted by Crippen LogP contribution is -2.15. The fourth-order valence-electron chi connectivity index (χ4n) is 6.26. The molecule has 0 aromatic heterocycles. The number of hydrogen-bond donors (Lipinski definition) is 0. The predicted octanol–water partition coefficient (Wildman–Crippen LogP) is 8.52. The third kappa shape index (κ3) is 2.14. The molecule has 32 heavy (non-hydrogen) atoms. The van der Waals surface area contributed by atoms with E-state index in [0.29, 0.717) is 11.0 Å². The van der Waals surface area contributed by atoms with Crippen LogP contribution in [0, 0.1) is 0 Å². The molecule has 1 aliphatic carbocycles. The van der Waals surface area contributed by atoms with Crippen LogP contribution in [0.4, 0.5) is 0 Å². The summed E-state index contributed by atoms with van der Waals surface area (Å²) < 4.78 is 0. The summed E-state index contributed by atoms with van der Waals surface area (Å²) in [5.74, 6) is 0.431. The predicted molar refractivity (Wildman–Crippen MR) is 138 cm³/mol. The number of benzene rings is 7. The first-order valence-electron chi connectivity index (χ1n) is 11.5. The van der Waals surface area contributed by atoms with Crippen molar-refractivity contribution < 1.29 is 4.79 Å². The molecule has 152 valence electrons. The molecule has 0 aliphatic heterocycles. The molecule has 2 heteroatoms. The molecule has 0 spiro atoms. The first kappa shape index (κ1) is 17.5. The normalized spacial score (nSPS) is 16.3. The number of thioether (sulfide) groups is 1. The minimum Gasteiger partial charge on any atom is -0.300 e. The SMILES string of the molecule is O=C1CCC(Sc2cc3ccc4ccc5ccc6ccc7ccc2c2c7c6c5c4c32)CC1. The second-order valence-corrected chi connectivity index (χ2v) is 10.8. The number of carbonyl (C=O) groups is 1. The summed E-state index contributed by atoms with van der Waals surface area (Å²) in [7, 11) is 0. The smallest absolute Gasteiger partial charge is 0.132 e. The van der Waals surface area contributed by atoms with Crippen molar-refractivity contribution in [2.45, 2.75) is 35.8 Å². The van der Waals surface area contributed by atoms with Crippen LogP contribution in [0.1, 0.15) is 25.7 Å². The Kier molecular flexibility index (Phi) is 3.28. The van der Waals surface area contributed by atoms with Gasteiger partial charge in [0.25, 0.3) is 0 Å². The number of hydrogen-bond acceptors (Lipinski definition) is 2. The lowest BCUT2D eigenvalue weighted by molar-refractivity contribution is -0.120. The molecule has 0 saturated heterocycles. The van der Waals surface area contributed by atoms with Crippen molar-refractivity contribution in [1.29, 1.82) is 0 Å². The third-order valence-electron chi connectivity index (χ3n) is 7.75. The quantitative estimate of drug-likeness (QED) is 0.203. The van der Waals surface area contributed by atoms with Gasteiger partial charge in [-0.15, -0.1) is 11.8 Å². The molecular formula is C30H20OS. The van der Waals surface area contributed by atoms with E-state index in [9.17, 15) is 4.79 Å². The highest BCUT2D eigenvalue weighted by atomic mass is 32.2. The average Bonchev–Trinajstić information content (AvgIpc) is 2.84. The zero-order chi connectivity index (χ0) is 21.0. The highest BCUT2D eigenvalue weighted by molar-refractivity contribution is 8.00. The van der Waals surface area contributed by atoms with Gasteiger partial charge in [-0.1, -0.05) is 60.7 Å². The second-order valence-electron chi connectivity index (χ2n) is 9.47. The summed E-state index contributed by atoms with van der Waals surface area (Å²) >= 11 is 2.00. The van der Waals surface area contributed by atoms with Crippen LogP contribution < -0.4 is 0 Å². The van der Waals surface area contributed by atoms with E-state index in [1.54, 1.807) is 0 Å². The average molecular weight is 429 g/mol. The van der Waals surface area contributed by atoms with E-state index in [1.807, 2.05) is 11.8 Å². The lowest BCUT2D eigenvalue weighted by atomic mass is 9.83. The number of ketones is 1. The van der Waals surface area contributed by atoms with E-state index < -0.39 is 0 Å². The van der Waals surface area contributed by atoms with Crippen molar-refractivity contribution in [2.75, 3.05) is 0 Å². The Labute approximate surface area is 189 Å².